The quantitative estimate of drug-likeness (QED) is 0.433. The van der Waals surface area contributed by atoms with Gasteiger partial charge < -0.3 is 10.1 Å². The molecule has 3 rings (SSSR count). The van der Waals surface area contributed by atoms with Gasteiger partial charge in [0.25, 0.3) is 5.91 Å². The van der Waals surface area contributed by atoms with Gasteiger partial charge in [0.2, 0.25) is 0 Å². The van der Waals surface area contributed by atoms with E-state index < -0.39 is 18.0 Å². The van der Waals surface area contributed by atoms with Crippen molar-refractivity contribution < 1.29 is 14.3 Å². The Morgan fingerprint density at radius 3 is 2.55 bits per heavy atom. The molecule has 1 N–H and O–H groups in total. The summed E-state index contributed by atoms with van der Waals surface area (Å²) >= 11 is 5.98. The van der Waals surface area contributed by atoms with Crippen LogP contribution in [-0.2, 0) is 14.3 Å². The van der Waals surface area contributed by atoms with E-state index in [1.54, 1.807) is 24.3 Å². The second kappa shape index (κ2) is 9.62. The number of aryl methyl sites for hydroxylation is 2. The van der Waals surface area contributed by atoms with Gasteiger partial charge >= 0.3 is 5.97 Å². The van der Waals surface area contributed by atoms with E-state index in [0.717, 1.165) is 28.2 Å². The summed E-state index contributed by atoms with van der Waals surface area (Å²) in [5.74, 6) is -1.05. The first kappa shape index (κ1) is 22.3. The average Bonchev–Trinajstić information content (AvgIpc) is 3.03. The van der Waals surface area contributed by atoms with Crippen molar-refractivity contribution in [3.63, 3.8) is 0 Å². The minimum atomic E-state index is -0.968. The molecule has 1 atom stereocenters. The van der Waals surface area contributed by atoms with Crippen molar-refractivity contribution in [2.75, 3.05) is 5.32 Å². The summed E-state index contributed by atoms with van der Waals surface area (Å²) in [5, 5.41) is 7.79. The summed E-state index contributed by atoms with van der Waals surface area (Å²) < 4.78 is 7.07. The number of halogens is 1. The summed E-state index contributed by atoms with van der Waals surface area (Å²) in [6, 6.07) is 14.9. The van der Waals surface area contributed by atoms with E-state index in [2.05, 4.69) is 10.4 Å². The Morgan fingerprint density at radius 1 is 1.13 bits per heavy atom. The topological polar surface area (TPSA) is 73.2 Å². The summed E-state index contributed by atoms with van der Waals surface area (Å²) in [7, 11) is 0. The van der Waals surface area contributed by atoms with Crippen LogP contribution in [-0.4, -0.2) is 27.8 Å². The van der Waals surface area contributed by atoms with Gasteiger partial charge in [0.15, 0.2) is 6.10 Å². The highest BCUT2D eigenvalue weighted by Gasteiger charge is 2.18. The maximum Gasteiger partial charge on any atom is 0.331 e. The van der Waals surface area contributed by atoms with Crippen LogP contribution in [0.3, 0.4) is 0 Å². The minimum Gasteiger partial charge on any atom is -0.449 e. The van der Waals surface area contributed by atoms with E-state index in [1.165, 1.54) is 13.0 Å². The van der Waals surface area contributed by atoms with Crippen LogP contribution in [0.5, 0.6) is 0 Å². The highest BCUT2D eigenvalue weighted by Crippen LogP contribution is 2.21. The molecule has 6 nitrogen and oxygen atoms in total. The molecule has 0 spiro atoms. The molecular formula is C24H24ClN3O3. The highest BCUT2D eigenvalue weighted by atomic mass is 35.5. The summed E-state index contributed by atoms with van der Waals surface area (Å²) in [5.41, 5.74) is 4.88. The molecule has 0 aliphatic carbocycles. The third kappa shape index (κ3) is 5.41. The van der Waals surface area contributed by atoms with Crippen LogP contribution in [0.1, 0.15) is 29.4 Å². The number of amides is 1. The van der Waals surface area contributed by atoms with E-state index in [0.29, 0.717) is 10.7 Å². The van der Waals surface area contributed by atoms with Crippen molar-refractivity contribution in [2.45, 2.75) is 33.8 Å². The smallest absolute Gasteiger partial charge is 0.331 e. The Kier molecular flexibility index (Phi) is 6.92. The number of nitrogens with zero attached hydrogens (tertiary/aromatic N) is 2. The fourth-order valence-electron chi connectivity index (χ4n) is 3.10. The number of rotatable bonds is 6. The van der Waals surface area contributed by atoms with Gasteiger partial charge in [-0.1, -0.05) is 35.9 Å². The van der Waals surface area contributed by atoms with Crippen LogP contribution >= 0.6 is 11.6 Å². The summed E-state index contributed by atoms with van der Waals surface area (Å²) in [6.45, 7) is 7.18. The second-order valence-electron chi connectivity index (χ2n) is 7.19. The number of carbonyl (C=O) groups excluding carboxylic acids is 2. The monoisotopic (exact) mass is 437 g/mol. The fourth-order valence-corrected chi connectivity index (χ4v) is 3.27. The van der Waals surface area contributed by atoms with Gasteiger partial charge in [0, 0.05) is 28.0 Å². The molecule has 1 heterocycles. The lowest BCUT2D eigenvalue weighted by molar-refractivity contribution is -0.148. The lowest BCUT2D eigenvalue weighted by atomic mass is 10.2. The molecule has 0 aliphatic heterocycles. The van der Waals surface area contributed by atoms with Gasteiger partial charge in [0.1, 0.15) is 0 Å². The first-order valence-electron chi connectivity index (χ1n) is 9.83. The van der Waals surface area contributed by atoms with Crippen LogP contribution in [0.2, 0.25) is 5.02 Å². The van der Waals surface area contributed by atoms with Crippen molar-refractivity contribution in [1.29, 1.82) is 0 Å². The third-order valence-electron chi connectivity index (χ3n) is 4.85. The zero-order chi connectivity index (χ0) is 22.5. The lowest BCUT2D eigenvalue weighted by Crippen LogP contribution is -2.29. The van der Waals surface area contributed by atoms with E-state index >= 15 is 0 Å². The molecule has 160 valence electrons. The molecule has 0 fully saturated rings. The average molecular weight is 438 g/mol. The van der Waals surface area contributed by atoms with E-state index in [4.69, 9.17) is 16.3 Å². The summed E-state index contributed by atoms with van der Waals surface area (Å²) in [6.07, 6.45) is 2.00. The van der Waals surface area contributed by atoms with Crippen molar-refractivity contribution in [2.24, 2.45) is 0 Å². The molecule has 0 aliphatic rings. The Bertz CT molecular complexity index is 1140. The number of nitrogens with one attached hydrogen (secondary N) is 1. The van der Waals surface area contributed by atoms with Crippen LogP contribution in [0.4, 0.5) is 5.69 Å². The second-order valence-corrected chi connectivity index (χ2v) is 7.63. The number of hydrogen-bond acceptors (Lipinski definition) is 4. The van der Waals surface area contributed by atoms with Gasteiger partial charge in [-0.3, -0.25) is 4.79 Å². The van der Waals surface area contributed by atoms with Gasteiger partial charge in [-0.2, -0.15) is 5.10 Å². The highest BCUT2D eigenvalue weighted by molar-refractivity contribution is 6.31. The molecule has 3 aromatic rings. The molecule has 7 heteroatoms. The lowest BCUT2D eigenvalue weighted by Gasteiger charge is -2.14. The van der Waals surface area contributed by atoms with Crippen molar-refractivity contribution >= 4 is 35.2 Å². The Morgan fingerprint density at radius 2 is 1.84 bits per heavy atom. The van der Waals surface area contributed by atoms with Gasteiger partial charge in [0.05, 0.1) is 11.4 Å². The van der Waals surface area contributed by atoms with E-state index in [1.807, 2.05) is 55.8 Å². The number of benzene rings is 2. The number of aromatic nitrogens is 2. The maximum atomic E-state index is 12.4. The molecule has 2 aromatic carbocycles. The zero-order valence-electron chi connectivity index (χ0n) is 17.8. The van der Waals surface area contributed by atoms with Gasteiger partial charge in [-0.15, -0.1) is 0 Å². The van der Waals surface area contributed by atoms with Crippen LogP contribution in [0, 0.1) is 20.8 Å². The van der Waals surface area contributed by atoms with Gasteiger partial charge in [-0.05, 0) is 63.6 Å². The standard InChI is InChI=1S/C24H24ClN3O3/c1-15-10-11-19(25)14-22(15)26-24(30)18(4)31-23(29)13-12-21-16(2)27-28(17(21)3)20-8-6-5-7-9-20/h5-14,18H,1-4H3,(H,26,30)/b13-12+. The predicted octanol–water partition coefficient (Wildman–Crippen LogP) is 5.03. The van der Waals surface area contributed by atoms with Crippen LogP contribution in [0.25, 0.3) is 11.8 Å². The molecule has 1 aromatic heterocycles. The van der Waals surface area contributed by atoms with Crippen molar-refractivity contribution in [3.8, 4) is 5.69 Å². The minimum absolute atomic E-state index is 0.434. The predicted molar refractivity (Wildman–Crippen MR) is 122 cm³/mol. The Hall–Kier alpha value is -3.38. The molecule has 0 saturated carbocycles. The normalized spacial score (nSPS) is 12.0. The molecule has 0 radical (unpaired) electrons. The van der Waals surface area contributed by atoms with Crippen LogP contribution < -0.4 is 5.32 Å². The molecule has 0 saturated heterocycles. The largest absolute Gasteiger partial charge is 0.449 e. The fraction of sp³-hybridized carbons (Fsp3) is 0.208. The maximum absolute atomic E-state index is 12.4. The number of carbonyl (C=O) groups is 2. The molecule has 0 bridgehead atoms. The number of para-hydroxylation sites is 1. The SMILES string of the molecule is Cc1ccc(Cl)cc1NC(=O)C(C)OC(=O)/C=C/c1c(C)nn(-c2ccccc2)c1C. The first-order valence-corrected chi connectivity index (χ1v) is 10.2. The van der Waals surface area contributed by atoms with Gasteiger partial charge in [-0.25, -0.2) is 9.48 Å². The number of esters is 1. The van der Waals surface area contributed by atoms with E-state index in [-0.39, 0.29) is 0 Å². The number of hydrogen-bond donors (Lipinski definition) is 1. The molecular weight excluding hydrogens is 414 g/mol. The van der Waals surface area contributed by atoms with Crippen molar-refractivity contribution in [1.82, 2.24) is 9.78 Å². The molecule has 1 unspecified atom stereocenters. The molecule has 31 heavy (non-hydrogen) atoms. The number of ether oxygens (including phenoxy) is 1. The van der Waals surface area contributed by atoms with E-state index in [9.17, 15) is 9.59 Å². The van der Waals surface area contributed by atoms with Crippen LogP contribution in [0.15, 0.2) is 54.6 Å². The number of anilines is 1. The zero-order valence-corrected chi connectivity index (χ0v) is 18.6. The Labute approximate surface area is 186 Å². The Balaban J connectivity index is 1.66. The van der Waals surface area contributed by atoms with Crippen molar-refractivity contribution in [3.05, 3.63) is 82.1 Å². The first-order chi connectivity index (χ1) is 14.8. The third-order valence-corrected chi connectivity index (χ3v) is 5.09. The molecule has 1 amide bonds. The summed E-state index contributed by atoms with van der Waals surface area (Å²) in [4.78, 5) is 24.7.